The molecule has 4 atom stereocenters. The van der Waals surface area contributed by atoms with Crippen LogP contribution in [0.3, 0.4) is 0 Å². The fourth-order valence-electron chi connectivity index (χ4n) is 4.09. The van der Waals surface area contributed by atoms with E-state index in [1.807, 2.05) is 23.8 Å². The topological polar surface area (TPSA) is 65.9 Å². The summed E-state index contributed by atoms with van der Waals surface area (Å²) in [4.78, 5) is 4.34. The highest BCUT2D eigenvalue weighted by Crippen LogP contribution is 2.51. The maximum Gasteiger partial charge on any atom is 0.191 e. The SMILES string of the molecule is CN=C(NCC(C)(O)c1ccsc1)NC1C2CCCOC2C1(C)C. The van der Waals surface area contributed by atoms with Gasteiger partial charge in [0.1, 0.15) is 5.60 Å². The summed E-state index contributed by atoms with van der Waals surface area (Å²) >= 11 is 1.59. The molecule has 3 N–H and O–H groups in total. The summed E-state index contributed by atoms with van der Waals surface area (Å²) in [6, 6.07) is 2.31. The number of rotatable bonds is 4. The largest absolute Gasteiger partial charge is 0.384 e. The molecule has 6 heteroatoms. The third-order valence-electron chi connectivity index (χ3n) is 5.59. The van der Waals surface area contributed by atoms with Crippen molar-refractivity contribution >= 4 is 17.3 Å². The lowest BCUT2D eigenvalue weighted by Gasteiger charge is -2.60. The van der Waals surface area contributed by atoms with Gasteiger partial charge in [-0.25, -0.2) is 0 Å². The van der Waals surface area contributed by atoms with Crippen LogP contribution in [0.15, 0.2) is 21.8 Å². The Kier molecular flexibility index (Phi) is 4.91. The minimum Gasteiger partial charge on any atom is -0.384 e. The van der Waals surface area contributed by atoms with Crippen molar-refractivity contribution in [2.75, 3.05) is 20.2 Å². The number of nitrogens with zero attached hydrogens (tertiary/aromatic N) is 1. The first kappa shape index (κ1) is 17.7. The molecule has 4 unspecified atom stereocenters. The Balaban J connectivity index is 1.59. The van der Waals surface area contributed by atoms with E-state index in [9.17, 15) is 5.11 Å². The highest BCUT2D eigenvalue weighted by atomic mass is 32.1. The summed E-state index contributed by atoms with van der Waals surface area (Å²) in [5, 5.41) is 21.5. The number of aliphatic imine (C=N–C) groups is 1. The van der Waals surface area contributed by atoms with Crippen LogP contribution >= 0.6 is 11.3 Å². The standard InChI is InChI=1S/C18H29N3O2S/c1-17(2)14(13-6-5-8-23-15(13)17)21-16(19-4)20-11-18(3,22)12-7-9-24-10-12/h7,9-10,13-15,22H,5-6,8,11H2,1-4H3,(H2,19,20,21). The Labute approximate surface area is 148 Å². The Hall–Kier alpha value is -1.11. The fraction of sp³-hybridized carbons (Fsp3) is 0.722. The Bertz CT molecular complexity index is 583. The molecule has 0 spiro atoms. The number of thiophene rings is 1. The maximum atomic E-state index is 10.7. The second kappa shape index (κ2) is 6.65. The van der Waals surface area contributed by atoms with Crippen molar-refractivity contribution in [1.29, 1.82) is 0 Å². The predicted octanol–water partition coefficient (Wildman–Crippen LogP) is 2.32. The van der Waals surface area contributed by atoms with E-state index in [1.54, 1.807) is 18.4 Å². The molecule has 3 rings (SSSR count). The van der Waals surface area contributed by atoms with Gasteiger partial charge >= 0.3 is 0 Å². The van der Waals surface area contributed by atoms with Crippen molar-refractivity contribution in [3.05, 3.63) is 22.4 Å². The first-order chi connectivity index (χ1) is 11.4. The number of guanidine groups is 1. The van der Waals surface area contributed by atoms with E-state index >= 15 is 0 Å². The normalized spacial score (nSPS) is 31.5. The third-order valence-corrected chi connectivity index (χ3v) is 6.27. The Morgan fingerprint density at radius 2 is 2.33 bits per heavy atom. The van der Waals surface area contributed by atoms with Crippen LogP contribution in [0.25, 0.3) is 0 Å². The van der Waals surface area contributed by atoms with E-state index in [2.05, 4.69) is 29.5 Å². The zero-order chi connectivity index (χ0) is 17.4. The maximum absolute atomic E-state index is 10.7. The first-order valence-electron chi connectivity index (χ1n) is 8.70. The molecule has 1 aromatic heterocycles. The molecule has 2 heterocycles. The van der Waals surface area contributed by atoms with Crippen LogP contribution in [0.2, 0.25) is 0 Å². The molecule has 24 heavy (non-hydrogen) atoms. The molecule has 1 saturated carbocycles. The quantitative estimate of drug-likeness (QED) is 0.575. The smallest absolute Gasteiger partial charge is 0.191 e. The molecular formula is C18H29N3O2S. The highest BCUT2D eigenvalue weighted by Gasteiger charge is 2.58. The van der Waals surface area contributed by atoms with Gasteiger partial charge in [0, 0.05) is 31.0 Å². The predicted molar refractivity (Wildman–Crippen MR) is 98.4 cm³/mol. The van der Waals surface area contributed by atoms with Gasteiger partial charge in [-0.05, 0) is 42.2 Å². The first-order valence-corrected chi connectivity index (χ1v) is 9.64. The zero-order valence-electron chi connectivity index (χ0n) is 15.0. The van der Waals surface area contributed by atoms with Crippen LogP contribution in [0.1, 0.15) is 39.2 Å². The highest BCUT2D eigenvalue weighted by molar-refractivity contribution is 7.08. The molecular weight excluding hydrogens is 322 g/mol. The number of hydrogen-bond donors (Lipinski definition) is 3. The van der Waals surface area contributed by atoms with E-state index in [0.717, 1.165) is 24.6 Å². The molecule has 2 aliphatic rings. The second-order valence-corrected chi connectivity index (χ2v) is 8.53. The molecule has 2 fully saturated rings. The minimum absolute atomic E-state index is 0.0958. The van der Waals surface area contributed by atoms with Crippen LogP contribution in [-0.4, -0.2) is 43.4 Å². The van der Waals surface area contributed by atoms with Crippen molar-refractivity contribution < 1.29 is 9.84 Å². The summed E-state index contributed by atoms with van der Waals surface area (Å²) in [5.41, 5.74) is 0.113. The van der Waals surface area contributed by atoms with Crippen molar-refractivity contribution in [2.24, 2.45) is 16.3 Å². The van der Waals surface area contributed by atoms with E-state index in [-0.39, 0.29) is 5.41 Å². The molecule has 5 nitrogen and oxygen atoms in total. The molecule has 0 bridgehead atoms. The van der Waals surface area contributed by atoms with Gasteiger partial charge in [-0.1, -0.05) is 13.8 Å². The number of hydrogen-bond acceptors (Lipinski definition) is 4. The summed E-state index contributed by atoms with van der Waals surface area (Å²) < 4.78 is 5.96. The average molecular weight is 352 g/mol. The van der Waals surface area contributed by atoms with E-state index in [4.69, 9.17) is 4.74 Å². The van der Waals surface area contributed by atoms with Gasteiger partial charge in [-0.3, -0.25) is 4.99 Å². The van der Waals surface area contributed by atoms with Crippen LogP contribution in [-0.2, 0) is 10.3 Å². The van der Waals surface area contributed by atoms with Crippen molar-refractivity contribution in [3.63, 3.8) is 0 Å². The summed E-state index contributed by atoms with van der Waals surface area (Å²) in [7, 11) is 1.77. The molecule has 134 valence electrons. The fourth-order valence-corrected chi connectivity index (χ4v) is 4.87. The molecule has 1 saturated heterocycles. The Morgan fingerprint density at radius 1 is 1.54 bits per heavy atom. The molecule has 0 amide bonds. The van der Waals surface area contributed by atoms with Gasteiger partial charge in [0.2, 0.25) is 0 Å². The molecule has 0 radical (unpaired) electrons. The van der Waals surface area contributed by atoms with Gasteiger partial charge < -0.3 is 20.5 Å². The van der Waals surface area contributed by atoms with Crippen molar-refractivity contribution in [3.8, 4) is 0 Å². The van der Waals surface area contributed by atoms with Gasteiger partial charge in [0.15, 0.2) is 5.96 Å². The average Bonchev–Trinajstić information content (AvgIpc) is 3.10. The van der Waals surface area contributed by atoms with Crippen LogP contribution in [0.5, 0.6) is 0 Å². The molecule has 0 aromatic carbocycles. The number of aliphatic hydroxyl groups is 1. The molecule has 1 aromatic rings. The number of ether oxygens (including phenoxy) is 1. The summed E-state index contributed by atoms with van der Waals surface area (Å²) in [5.74, 6) is 1.29. The Morgan fingerprint density at radius 3 is 3.00 bits per heavy atom. The van der Waals surface area contributed by atoms with Crippen molar-refractivity contribution in [2.45, 2.75) is 51.4 Å². The van der Waals surface area contributed by atoms with Gasteiger partial charge in [-0.15, -0.1) is 0 Å². The van der Waals surface area contributed by atoms with Gasteiger partial charge in [0.25, 0.3) is 0 Å². The zero-order valence-corrected chi connectivity index (χ0v) is 15.8. The lowest BCUT2D eigenvalue weighted by atomic mass is 9.55. The lowest BCUT2D eigenvalue weighted by Crippen LogP contribution is -2.71. The second-order valence-electron chi connectivity index (χ2n) is 7.75. The monoisotopic (exact) mass is 351 g/mol. The van der Waals surface area contributed by atoms with E-state index in [0.29, 0.717) is 24.6 Å². The number of nitrogens with one attached hydrogen (secondary N) is 2. The van der Waals surface area contributed by atoms with Gasteiger partial charge in [0.05, 0.1) is 12.6 Å². The summed E-state index contributed by atoms with van der Waals surface area (Å²) in [6.45, 7) is 7.64. The summed E-state index contributed by atoms with van der Waals surface area (Å²) in [6.07, 6.45) is 2.68. The molecule has 1 aliphatic heterocycles. The van der Waals surface area contributed by atoms with Crippen LogP contribution in [0.4, 0.5) is 0 Å². The lowest BCUT2D eigenvalue weighted by molar-refractivity contribution is -0.188. The van der Waals surface area contributed by atoms with E-state index < -0.39 is 5.60 Å². The van der Waals surface area contributed by atoms with Crippen LogP contribution < -0.4 is 10.6 Å². The third kappa shape index (κ3) is 3.19. The van der Waals surface area contributed by atoms with Gasteiger partial charge in [-0.2, -0.15) is 11.3 Å². The van der Waals surface area contributed by atoms with Crippen molar-refractivity contribution in [1.82, 2.24) is 10.6 Å². The van der Waals surface area contributed by atoms with Crippen LogP contribution in [0, 0.1) is 11.3 Å². The van der Waals surface area contributed by atoms with E-state index in [1.165, 1.54) is 6.42 Å². The minimum atomic E-state index is -0.913. The number of fused-ring (bicyclic) bond motifs is 1. The molecule has 1 aliphatic carbocycles.